The topological polar surface area (TPSA) is 72.5 Å². The van der Waals surface area contributed by atoms with Crippen LogP contribution in [-0.2, 0) is 0 Å². The number of benzene rings is 2. The summed E-state index contributed by atoms with van der Waals surface area (Å²) < 4.78 is 32.6. The Kier molecular flexibility index (Phi) is 6.16. The summed E-state index contributed by atoms with van der Waals surface area (Å²) in [6.07, 6.45) is 0.718. The number of methoxy groups -OCH3 is 6. The maximum absolute atomic E-state index is 11.8. The second-order valence-electron chi connectivity index (χ2n) is 5.11. The van der Waals surface area contributed by atoms with Gasteiger partial charge in [-0.3, -0.25) is 4.79 Å². The first-order valence-electron chi connectivity index (χ1n) is 7.69. The Morgan fingerprint density at radius 2 is 1.19 bits per heavy atom. The van der Waals surface area contributed by atoms with Crippen LogP contribution in [0.2, 0.25) is 0 Å². The van der Waals surface area contributed by atoms with E-state index in [1.54, 1.807) is 18.2 Å². The zero-order chi connectivity index (χ0) is 19.3. The molecule has 0 atom stereocenters. The Balaban J connectivity index is 2.94. The van der Waals surface area contributed by atoms with Gasteiger partial charge in [-0.15, -0.1) is 0 Å². The summed E-state index contributed by atoms with van der Waals surface area (Å²) in [5.41, 5.74) is 1.44. The molecule has 0 bridgehead atoms. The summed E-state index contributed by atoms with van der Waals surface area (Å²) in [6.45, 7) is 0. The van der Waals surface area contributed by atoms with Crippen LogP contribution in [0.5, 0.6) is 34.5 Å². The van der Waals surface area contributed by atoms with Crippen molar-refractivity contribution in [3.05, 3.63) is 23.8 Å². The van der Waals surface area contributed by atoms with Crippen molar-refractivity contribution in [1.82, 2.24) is 0 Å². The largest absolute Gasteiger partial charge is 0.493 e. The van der Waals surface area contributed by atoms with Crippen LogP contribution >= 0.6 is 0 Å². The fourth-order valence-corrected chi connectivity index (χ4v) is 2.84. The van der Waals surface area contributed by atoms with Crippen LogP contribution in [0.3, 0.4) is 0 Å². The van der Waals surface area contributed by atoms with Crippen molar-refractivity contribution in [3.63, 3.8) is 0 Å². The minimum Gasteiger partial charge on any atom is -0.493 e. The molecule has 0 amide bonds. The Morgan fingerprint density at radius 1 is 0.654 bits per heavy atom. The van der Waals surface area contributed by atoms with E-state index in [-0.39, 0.29) is 0 Å². The van der Waals surface area contributed by atoms with E-state index < -0.39 is 0 Å². The first-order valence-corrected chi connectivity index (χ1v) is 7.69. The van der Waals surface area contributed by atoms with Gasteiger partial charge in [0.15, 0.2) is 29.3 Å². The van der Waals surface area contributed by atoms with E-state index in [9.17, 15) is 4.79 Å². The predicted molar refractivity (Wildman–Crippen MR) is 96.6 cm³/mol. The highest BCUT2D eigenvalue weighted by molar-refractivity contribution is 5.96. The van der Waals surface area contributed by atoms with E-state index in [1.807, 2.05) is 0 Å². The molecular weight excluding hydrogens is 340 g/mol. The summed E-state index contributed by atoms with van der Waals surface area (Å²) in [5, 5.41) is 0. The first kappa shape index (κ1) is 19.2. The van der Waals surface area contributed by atoms with Crippen LogP contribution in [0.25, 0.3) is 11.1 Å². The van der Waals surface area contributed by atoms with E-state index >= 15 is 0 Å². The zero-order valence-corrected chi connectivity index (χ0v) is 15.7. The molecule has 0 aromatic heterocycles. The third kappa shape index (κ3) is 3.08. The van der Waals surface area contributed by atoms with E-state index in [0.717, 1.165) is 6.29 Å². The van der Waals surface area contributed by atoms with Crippen molar-refractivity contribution in [2.24, 2.45) is 0 Å². The molecule has 0 saturated heterocycles. The third-order valence-corrected chi connectivity index (χ3v) is 3.96. The van der Waals surface area contributed by atoms with Crippen molar-refractivity contribution in [2.75, 3.05) is 42.7 Å². The molecule has 0 radical (unpaired) electrons. The quantitative estimate of drug-likeness (QED) is 0.668. The number of hydrogen-bond acceptors (Lipinski definition) is 7. The molecule has 7 heteroatoms. The van der Waals surface area contributed by atoms with Gasteiger partial charge < -0.3 is 28.4 Å². The van der Waals surface area contributed by atoms with Crippen LogP contribution in [0.15, 0.2) is 18.2 Å². The monoisotopic (exact) mass is 362 g/mol. The number of aldehydes is 1. The van der Waals surface area contributed by atoms with Crippen LogP contribution in [-0.4, -0.2) is 48.9 Å². The standard InChI is InChI=1S/C19H22O7/c1-21-13-8-7-12(16(23-3)17(13)24-4)15-11(10-20)9-14(22-2)18(25-5)19(15)26-6/h7-10H,1-6H3. The lowest BCUT2D eigenvalue weighted by atomic mass is 9.96. The third-order valence-electron chi connectivity index (χ3n) is 3.96. The average molecular weight is 362 g/mol. The molecular formula is C19H22O7. The SMILES string of the molecule is COc1ccc(-c2c(C=O)cc(OC)c(OC)c2OC)c(OC)c1OC. The van der Waals surface area contributed by atoms with Crippen LogP contribution in [0, 0.1) is 0 Å². The minimum absolute atomic E-state index is 0.347. The number of rotatable bonds is 8. The highest BCUT2D eigenvalue weighted by atomic mass is 16.5. The fourth-order valence-electron chi connectivity index (χ4n) is 2.84. The van der Waals surface area contributed by atoms with Gasteiger partial charge in [0.2, 0.25) is 11.5 Å². The Labute approximate surface area is 152 Å². The first-order chi connectivity index (χ1) is 12.6. The van der Waals surface area contributed by atoms with Crippen molar-refractivity contribution in [1.29, 1.82) is 0 Å². The average Bonchev–Trinajstić information content (AvgIpc) is 2.70. The molecule has 0 heterocycles. The second-order valence-corrected chi connectivity index (χ2v) is 5.11. The molecule has 26 heavy (non-hydrogen) atoms. The van der Waals surface area contributed by atoms with Gasteiger partial charge in [0.05, 0.1) is 42.7 Å². The van der Waals surface area contributed by atoms with Gasteiger partial charge in [0.1, 0.15) is 0 Å². The van der Waals surface area contributed by atoms with Gasteiger partial charge >= 0.3 is 0 Å². The van der Waals surface area contributed by atoms with Gasteiger partial charge in [-0.2, -0.15) is 0 Å². The van der Waals surface area contributed by atoms with Gasteiger partial charge in [-0.05, 0) is 18.2 Å². The summed E-state index contributed by atoms with van der Waals surface area (Å²) in [6, 6.07) is 5.07. The number of carbonyl (C=O) groups excluding carboxylic acids is 1. The lowest BCUT2D eigenvalue weighted by Crippen LogP contribution is -2.03. The Hall–Kier alpha value is -3.09. The number of hydrogen-bond donors (Lipinski definition) is 0. The lowest BCUT2D eigenvalue weighted by molar-refractivity contribution is 0.112. The van der Waals surface area contributed by atoms with E-state index in [0.29, 0.717) is 51.2 Å². The molecule has 2 aromatic rings. The molecule has 0 N–H and O–H groups in total. The molecule has 0 aliphatic heterocycles. The summed E-state index contributed by atoms with van der Waals surface area (Å²) >= 11 is 0. The van der Waals surface area contributed by atoms with E-state index in [2.05, 4.69) is 0 Å². The predicted octanol–water partition coefficient (Wildman–Crippen LogP) is 3.22. The molecule has 0 fully saturated rings. The number of ether oxygens (including phenoxy) is 6. The fraction of sp³-hybridized carbons (Fsp3) is 0.316. The maximum atomic E-state index is 11.8. The zero-order valence-electron chi connectivity index (χ0n) is 15.7. The van der Waals surface area contributed by atoms with Gasteiger partial charge in [-0.25, -0.2) is 0 Å². The van der Waals surface area contributed by atoms with E-state index in [1.165, 1.54) is 42.7 Å². The van der Waals surface area contributed by atoms with Crippen molar-refractivity contribution in [3.8, 4) is 45.6 Å². The van der Waals surface area contributed by atoms with Crippen molar-refractivity contribution < 1.29 is 33.2 Å². The second kappa shape index (κ2) is 8.33. The Bertz CT molecular complexity index is 799. The molecule has 140 valence electrons. The smallest absolute Gasteiger partial charge is 0.203 e. The van der Waals surface area contributed by atoms with Crippen LogP contribution < -0.4 is 28.4 Å². The maximum Gasteiger partial charge on any atom is 0.203 e. The van der Waals surface area contributed by atoms with Crippen molar-refractivity contribution in [2.45, 2.75) is 0 Å². The van der Waals surface area contributed by atoms with Gasteiger partial charge in [0.25, 0.3) is 0 Å². The summed E-state index contributed by atoms with van der Waals surface area (Å²) in [5.74, 6) is 2.41. The highest BCUT2D eigenvalue weighted by Gasteiger charge is 2.26. The molecule has 0 aliphatic carbocycles. The molecule has 2 aromatic carbocycles. The van der Waals surface area contributed by atoms with Crippen LogP contribution in [0.4, 0.5) is 0 Å². The minimum atomic E-state index is 0.347. The van der Waals surface area contributed by atoms with Gasteiger partial charge in [-0.1, -0.05) is 0 Å². The molecule has 0 saturated carbocycles. The molecule has 0 aliphatic rings. The molecule has 7 nitrogen and oxygen atoms in total. The molecule has 0 unspecified atom stereocenters. The van der Waals surface area contributed by atoms with E-state index in [4.69, 9.17) is 28.4 Å². The lowest BCUT2D eigenvalue weighted by Gasteiger charge is -2.21. The molecule has 0 spiro atoms. The van der Waals surface area contributed by atoms with Crippen LogP contribution in [0.1, 0.15) is 10.4 Å². The number of carbonyl (C=O) groups is 1. The normalized spacial score (nSPS) is 10.1. The summed E-state index contributed by atoms with van der Waals surface area (Å²) in [7, 11) is 9.03. The van der Waals surface area contributed by atoms with Gasteiger partial charge in [0, 0.05) is 16.7 Å². The summed E-state index contributed by atoms with van der Waals surface area (Å²) in [4.78, 5) is 11.8. The Morgan fingerprint density at radius 3 is 1.65 bits per heavy atom. The molecule has 2 rings (SSSR count). The highest BCUT2D eigenvalue weighted by Crippen LogP contribution is 2.52. The van der Waals surface area contributed by atoms with Crippen molar-refractivity contribution >= 4 is 6.29 Å².